The Bertz CT molecular complexity index is 372. The molecule has 0 aliphatic carbocycles. The Morgan fingerprint density at radius 2 is 1.89 bits per heavy atom. The minimum Gasteiger partial charge on any atom is -0.467 e. The van der Waals surface area contributed by atoms with Crippen LogP contribution in [0, 0.1) is 3.57 Å². The Hall–Kier alpha value is -0.330. The van der Waals surface area contributed by atoms with Gasteiger partial charge in [-0.25, -0.2) is 0 Å². The summed E-state index contributed by atoms with van der Waals surface area (Å²) in [5, 5.41) is 0. The Morgan fingerprint density at radius 3 is 2.50 bits per heavy atom. The summed E-state index contributed by atoms with van der Waals surface area (Å²) in [6.45, 7) is 7.92. The molecule has 18 heavy (non-hydrogen) atoms. The summed E-state index contributed by atoms with van der Waals surface area (Å²) in [5.74, 6) is 0.889. The van der Waals surface area contributed by atoms with E-state index in [1.165, 1.54) is 9.13 Å². The molecule has 0 bridgehead atoms. The van der Waals surface area contributed by atoms with Crippen molar-refractivity contribution in [1.82, 2.24) is 0 Å². The second kappa shape index (κ2) is 7.31. The van der Waals surface area contributed by atoms with Gasteiger partial charge in [0.15, 0.2) is 6.79 Å². The van der Waals surface area contributed by atoms with Gasteiger partial charge in [-0.05, 0) is 46.2 Å². The van der Waals surface area contributed by atoms with Gasteiger partial charge in [0.05, 0.1) is 13.2 Å². The minimum absolute atomic E-state index is 0.0586. The van der Waals surface area contributed by atoms with Crippen LogP contribution in [-0.2, 0) is 14.9 Å². The normalized spacial score (nSPS) is 11.6. The molecule has 0 spiro atoms. The molecule has 0 N–H and O–H groups in total. The third-order valence-corrected chi connectivity index (χ3v) is 3.15. The molecule has 1 aromatic rings. The molecular weight excluding hydrogens is 343 g/mol. The predicted molar refractivity (Wildman–Crippen MR) is 81.2 cm³/mol. The van der Waals surface area contributed by atoms with Crippen LogP contribution in [0.15, 0.2) is 18.2 Å². The van der Waals surface area contributed by atoms with Gasteiger partial charge in [0.2, 0.25) is 0 Å². The van der Waals surface area contributed by atoms with Crippen LogP contribution in [0.25, 0.3) is 0 Å². The van der Waals surface area contributed by atoms with Crippen LogP contribution in [0.4, 0.5) is 0 Å². The lowest BCUT2D eigenvalue weighted by molar-refractivity contribution is -0.00919. The SMILES string of the molecule is COCCOCOc1ccc(I)cc1C(C)(C)C. The average Bonchev–Trinajstić information content (AvgIpc) is 2.29. The lowest BCUT2D eigenvalue weighted by Crippen LogP contribution is -2.15. The fourth-order valence-corrected chi connectivity index (χ4v) is 2.01. The Kier molecular flexibility index (Phi) is 6.38. The van der Waals surface area contributed by atoms with Crippen molar-refractivity contribution in [3.63, 3.8) is 0 Å². The van der Waals surface area contributed by atoms with E-state index < -0.39 is 0 Å². The topological polar surface area (TPSA) is 27.7 Å². The van der Waals surface area contributed by atoms with E-state index in [-0.39, 0.29) is 12.2 Å². The highest BCUT2D eigenvalue weighted by Crippen LogP contribution is 2.32. The number of ether oxygens (including phenoxy) is 3. The summed E-state index contributed by atoms with van der Waals surface area (Å²) in [4.78, 5) is 0. The molecule has 3 nitrogen and oxygen atoms in total. The van der Waals surface area contributed by atoms with Gasteiger partial charge in [0.25, 0.3) is 0 Å². The fraction of sp³-hybridized carbons (Fsp3) is 0.571. The molecule has 0 amide bonds. The van der Waals surface area contributed by atoms with E-state index >= 15 is 0 Å². The largest absolute Gasteiger partial charge is 0.467 e. The molecule has 1 aromatic carbocycles. The van der Waals surface area contributed by atoms with E-state index in [2.05, 4.69) is 49.4 Å². The lowest BCUT2D eigenvalue weighted by atomic mass is 9.86. The second-order valence-corrected chi connectivity index (χ2v) is 6.30. The zero-order valence-electron chi connectivity index (χ0n) is 11.5. The van der Waals surface area contributed by atoms with Crippen molar-refractivity contribution in [1.29, 1.82) is 0 Å². The number of methoxy groups -OCH3 is 1. The number of benzene rings is 1. The first-order valence-electron chi connectivity index (χ1n) is 5.94. The van der Waals surface area contributed by atoms with Crippen molar-refractivity contribution >= 4 is 22.6 Å². The predicted octanol–water partition coefficient (Wildman–Crippen LogP) is 3.59. The molecule has 0 fully saturated rings. The summed E-state index contributed by atoms with van der Waals surface area (Å²) >= 11 is 2.31. The third-order valence-electron chi connectivity index (χ3n) is 2.48. The van der Waals surface area contributed by atoms with E-state index in [0.29, 0.717) is 13.2 Å². The van der Waals surface area contributed by atoms with Crippen molar-refractivity contribution in [3.05, 3.63) is 27.3 Å². The maximum atomic E-state index is 5.68. The fourth-order valence-electron chi connectivity index (χ4n) is 1.52. The maximum absolute atomic E-state index is 5.68. The molecule has 0 unspecified atom stereocenters. The van der Waals surface area contributed by atoms with Gasteiger partial charge in [-0.15, -0.1) is 0 Å². The van der Waals surface area contributed by atoms with Gasteiger partial charge < -0.3 is 14.2 Å². The van der Waals surface area contributed by atoms with E-state index in [0.717, 1.165) is 5.75 Å². The van der Waals surface area contributed by atoms with E-state index in [4.69, 9.17) is 14.2 Å². The van der Waals surface area contributed by atoms with Gasteiger partial charge in [0.1, 0.15) is 5.75 Å². The van der Waals surface area contributed by atoms with Gasteiger partial charge in [-0.1, -0.05) is 20.8 Å². The number of hydrogen-bond acceptors (Lipinski definition) is 3. The molecule has 102 valence electrons. The van der Waals surface area contributed by atoms with Crippen LogP contribution in [0.5, 0.6) is 5.75 Å². The summed E-state index contributed by atoms with van der Waals surface area (Å²) in [5.41, 5.74) is 1.26. The van der Waals surface area contributed by atoms with Crippen molar-refractivity contribution in [2.45, 2.75) is 26.2 Å². The first-order chi connectivity index (χ1) is 8.45. The number of hydrogen-bond donors (Lipinski definition) is 0. The first-order valence-corrected chi connectivity index (χ1v) is 7.02. The van der Waals surface area contributed by atoms with Crippen molar-refractivity contribution in [3.8, 4) is 5.75 Å². The molecule has 0 saturated heterocycles. The molecule has 0 heterocycles. The third kappa shape index (κ3) is 5.12. The molecular formula is C14H21IO3. The van der Waals surface area contributed by atoms with E-state index in [9.17, 15) is 0 Å². The van der Waals surface area contributed by atoms with Crippen LogP contribution < -0.4 is 4.74 Å². The summed E-state index contributed by atoms with van der Waals surface area (Å²) in [6, 6.07) is 6.20. The van der Waals surface area contributed by atoms with Crippen molar-refractivity contribution in [2.75, 3.05) is 27.1 Å². The van der Waals surface area contributed by atoms with Crippen LogP contribution in [0.1, 0.15) is 26.3 Å². The van der Waals surface area contributed by atoms with Crippen molar-refractivity contribution < 1.29 is 14.2 Å². The highest BCUT2D eigenvalue weighted by atomic mass is 127. The van der Waals surface area contributed by atoms with Gasteiger partial charge in [-0.3, -0.25) is 0 Å². The van der Waals surface area contributed by atoms with E-state index in [1.54, 1.807) is 7.11 Å². The highest BCUT2D eigenvalue weighted by molar-refractivity contribution is 14.1. The van der Waals surface area contributed by atoms with Gasteiger partial charge in [-0.2, -0.15) is 0 Å². The average molecular weight is 364 g/mol. The van der Waals surface area contributed by atoms with Crippen molar-refractivity contribution in [2.24, 2.45) is 0 Å². The van der Waals surface area contributed by atoms with Crippen LogP contribution in [0.2, 0.25) is 0 Å². The van der Waals surface area contributed by atoms with E-state index in [1.807, 2.05) is 12.1 Å². The van der Waals surface area contributed by atoms with Gasteiger partial charge >= 0.3 is 0 Å². The molecule has 0 atom stereocenters. The monoisotopic (exact) mass is 364 g/mol. The van der Waals surface area contributed by atoms with Crippen LogP contribution in [-0.4, -0.2) is 27.1 Å². The maximum Gasteiger partial charge on any atom is 0.189 e. The Labute approximate surface area is 123 Å². The standard InChI is InChI=1S/C14H21IO3/c1-14(2,3)12-9-11(15)5-6-13(12)18-10-17-8-7-16-4/h5-6,9H,7-8,10H2,1-4H3. The lowest BCUT2D eigenvalue weighted by Gasteiger charge is -2.23. The molecule has 1 rings (SSSR count). The molecule has 0 aliphatic rings. The summed E-state index contributed by atoms with van der Waals surface area (Å²) < 4.78 is 17.1. The second-order valence-electron chi connectivity index (χ2n) is 5.05. The molecule has 0 aromatic heterocycles. The van der Waals surface area contributed by atoms with Crippen LogP contribution >= 0.6 is 22.6 Å². The van der Waals surface area contributed by atoms with Gasteiger partial charge in [0, 0.05) is 16.2 Å². The highest BCUT2D eigenvalue weighted by Gasteiger charge is 2.19. The summed E-state index contributed by atoms with van der Waals surface area (Å²) in [7, 11) is 1.65. The Morgan fingerprint density at radius 1 is 1.17 bits per heavy atom. The number of halogens is 1. The molecule has 0 aliphatic heterocycles. The first kappa shape index (κ1) is 15.7. The Balaban J connectivity index is 2.65. The van der Waals surface area contributed by atoms with Crippen LogP contribution in [0.3, 0.4) is 0 Å². The smallest absolute Gasteiger partial charge is 0.189 e. The quantitative estimate of drug-likeness (QED) is 0.439. The molecule has 0 saturated carbocycles. The zero-order chi connectivity index (χ0) is 13.6. The molecule has 0 radical (unpaired) electrons. The zero-order valence-corrected chi connectivity index (χ0v) is 13.6. The molecule has 4 heteroatoms. The minimum atomic E-state index is 0.0586. The summed E-state index contributed by atoms with van der Waals surface area (Å²) in [6.07, 6.45) is 0. The number of rotatable bonds is 6.